The molecule has 2 rings (SSSR count). The largest absolute Gasteiger partial charge is 0.325 e. The number of nitrogens with two attached hydrogens (primary N) is 1. The predicted molar refractivity (Wildman–Crippen MR) is 45.3 cm³/mol. The zero-order valence-corrected chi connectivity index (χ0v) is 6.94. The normalized spacial score (nSPS) is 36.3. The SMILES string of the molecule is NC1CN(C2CCSC2)C1. The van der Waals surface area contributed by atoms with E-state index in [2.05, 4.69) is 16.7 Å². The van der Waals surface area contributed by atoms with Crippen molar-refractivity contribution in [3.05, 3.63) is 0 Å². The molecule has 2 aliphatic rings. The zero-order chi connectivity index (χ0) is 6.97. The Balaban J connectivity index is 1.78. The first-order valence-corrected chi connectivity index (χ1v) is 5.09. The van der Waals surface area contributed by atoms with Gasteiger partial charge in [0.2, 0.25) is 0 Å². The molecule has 10 heavy (non-hydrogen) atoms. The summed E-state index contributed by atoms with van der Waals surface area (Å²) < 4.78 is 0. The highest BCUT2D eigenvalue weighted by molar-refractivity contribution is 7.99. The molecule has 0 amide bonds. The molecule has 0 aromatic carbocycles. The lowest BCUT2D eigenvalue weighted by atomic mass is 10.1. The lowest BCUT2D eigenvalue weighted by Gasteiger charge is -2.40. The molecule has 2 nitrogen and oxygen atoms in total. The van der Waals surface area contributed by atoms with Gasteiger partial charge in [-0.1, -0.05) is 0 Å². The van der Waals surface area contributed by atoms with Crippen molar-refractivity contribution in [3.63, 3.8) is 0 Å². The third-order valence-corrected chi connectivity index (χ3v) is 3.50. The fourth-order valence-corrected chi connectivity index (χ4v) is 2.91. The van der Waals surface area contributed by atoms with Gasteiger partial charge in [-0.25, -0.2) is 0 Å². The topological polar surface area (TPSA) is 29.3 Å². The van der Waals surface area contributed by atoms with E-state index in [1.54, 1.807) is 0 Å². The molecule has 0 spiro atoms. The summed E-state index contributed by atoms with van der Waals surface area (Å²) >= 11 is 2.08. The highest BCUT2D eigenvalue weighted by Crippen LogP contribution is 2.25. The Labute approximate surface area is 66.1 Å². The minimum Gasteiger partial charge on any atom is -0.325 e. The Morgan fingerprint density at radius 2 is 2.20 bits per heavy atom. The number of hydrogen-bond acceptors (Lipinski definition) is 3. The first-order chi connectivity index (χ1) is 4.86. The minimum atomic E-state index is 0.477. The fraction of sp³-hybridized carbons (Fsp3) is 1.00. The maximum atomic E-state index is 5.69. The monoisotopic (exact) mass is 158 g/mol. The van der Waals surface area contributed by atoms with Crippen molar-refractivity contribution < 1.29 is 0 Å². The lowest BCUT2D eigenvalue weighted by molar-refractivity contribution is 0.107. The van der Waals surface area contributed by atoms with Crippen molar-refractivity contribution in [1.29, 1.82) is 0 Å². The molecule has 0 radical (unpaired) electrons. The summed E-state index contributed by atoms with van der Waals surface area (Å²) in [5, 5.41) is 0. The standard InChI is InChI=1S/C7H14N2S/c8-6-3-9(4-6)7-1-2-10-5-7/h6-7H,1-5,8H2. The molecule has 2 heterocycles. The van der Waals surface area contributed by atoms with Crippen LogP contribution in [0.25, 0.3) is 0 Å². The van der Waals surface area contributed by atoms with Crippen LogP contribution in [0.2, 0.25) is 0 Å². The van der Waals surface area contributed by atoms with Gasteiger partial charge in [0.15, 0.2) is 0 Å². The second kappa shape index (κ2) is 2.72. The minimum absolute atomic E-state index is 0.477. The summed E-state index contributed by atoms with van der Waals surface area (Å²) in [4.78, 5) is 2.52. The average Bonchev–Trinajstić information content (AvgIpc) is 2.31. The number of hydrogen-bond donors (Lipinski definition) is 1. The van der Waals surface area contributed by atoms with E-state index in [1.807, 2.05) is 0 Å². The molecule has 0 aromatic rings. The van der Waals surface area contributed by atoms with Crippen molar-refractivity contribution in [1.82, 2.24) is 4.90 Å². The molecular weight excluding hydrogens is 144 g/mol. The van der Waals surface area contributed by atoms with Gasteiger partial charge in [0.25, 0.3) is 0 Å². The first-order valence-electron chi connectivity index (χ1n) is 3.93. The molecule has 2 aliphatic heterocycles. The van der Waals surface area contributed by atoms with Crippen molar-refractivity contribution in [2.75, 3.05) is 24.6 Å². The smallest absolute Gasteiger partial charge is 0.0297 e. The second-order valence-corrected chi connectivity index (χ2v) is 4.38. The Hall–Kier alpha value is 0.270. The van der Waals surface area contributed by atoms with Crippen LogP contribution in [-0.2, 0) is 0 Å². The number of likely N-dealkylation sites (tertiary alicyclic amines) is 1. The van der Waals surface area contributed by atoms with Crippen LogP contribution in [0.5, 0.6) is 0 Å². The van der Waals surface area contributed by atoms with Gasteiger partial charge in [0.1, 0.15) is 0 Å². The van der Waals surface area contributed by atoms with E-state index < -0.39 is 0 Å². The van der Waals surface area contributed by atoms with E-state index in [0.29, 0.717) is 6.04 Å². The predicted octanol–water partition coefficient (Wildman–Crippen LogP) is 0.135. The van der Waals surface area contributed by atoms with Gasteiger partial charge < -0.3 is 5.73 Å². The van der Waals surface area contributed by atoms with Crippen LogP contribution in [0.4, 0.5) is 0 Å². The summed E-state index contributed by atoms with van der Waals surface area (Å²) in [6, 6.07) is 1.34. The summed E-state index contributed by atoms with van der Waals surface area (Å²) in [5.74, 6) is 2.70. The molecule has 1 unspecified atom stereocenters. The number of thioether (sulfide) groups is 1. The summed E-state index contributed by atoms with van der Waals surface area (Å²) in [6.07, 6.45) is 1.39. The van der Waals surface area contributed by atoms with Crippen molar-refractivity contribution in [2.45, 2.75) is 18.5 Å². The summed E-state index contributed by atoms with van der Waals surface area (Å²) in [7, 11) is 0. The van der Waals surface area contributed by atoms with Crippen LogP contribution in [-0.4, -0.2) is 41.6 Å². The first kappa shape index (κ1) is 6.95. The molecule has 58 valence electrons. The Morgan fingerprint density at radius 3 is 2.70 bits per heavy atom. The van der Waals surface area contributed by atoms with Crippen LogP contribution in [0, 0.1) is 0 Å². The van der Waals surface area contributed by atoms with E-state index in [0.717, 1.165) is 19.1 Å². The molecule has 0 aliphatic carbocycles. The molecule has 0 bridgehead atoms. The third kappa shape index (κ3) is 1.18. The fourth-order valence-electron chi connectivity index (χ4n) is 1.66. The lowest BCUT2D eigenvalue weighted by Crippen LogP contribution is -2.59. The van der Waals surface area contributed by atoms with Crippen LogP contribution in [0.3, 0.4) is 0 Å². The highest BCUT2D eigenvalue weighted by Gasteiger charge is 2.31. The van der Waals surface area contributed by atoms with Gasteiger partial charge in [-0.2, -0.15) is 11.8 Å². The third-order valence-electron chi connectivity index (χ3n) is 2.36. The molecule has 0 aromatic heterocycles. The van der Waals surface area contributed by atoms with Crippen molar-refractivity contribution >= 4 is 11.8 Å². The van der Waals surface area contributed by atoms with Gasteiger partial charge >= 0.3 is 0 Å². The van der Waals surface area contributed by atoms with Gasteiger partial charge in [-0.05, 0) is 12.2 Å². The van der Waals surface area contributed by atoms with Gasteiger partial charge in [0.05, 0.1) is 0 Å². The zero-order valence-electron chi connectivity index (χ0n) is 6.12. The summed E-state index contributed by atoms with van der Waals surface area (Å²) in [6.45, 7) is 2.29. The van der Waals surface area contributed by atoms with Gasteiger partial charge in [-0.15, -0.1) is 0 Å². The molecule has 0 saturated carbocycles. The van der Waals surface area contributed by atoms with E-state index in [9.17, 15) is 0 Å². The molecule has 1 atom stereocenters. The van der Waals surface area contributed by atoms with E-state index in [1.165, 1.54) is 17.9 Å². The molecule has 2 N–H and O–H groups in total. The van der Waals surface area contributed by atoms with Crippen LogP contribution in [0.1, 0.15) is 6.42 Å². The molecule has 2 saturated heterocycles. The second-order valence-electron chi connectivity index (χ2n) is 3.23. The maximum absolute atomic E-state index is 5.69. The number of rotatable bonds is 1. The molecule has 3 heteroatoms. The maximum Gasteiger partial charge on any atom is 0.0297 e. The van der Waals surface area contributed by atoms with Crippen LogP contribution >= 0.6 is 11.8 Å². The summed E-state index contributed by atoms with van der Waals surface area (Å²) in [5.41, 5.74) is 5.69. The van der Waals surface area contributed by atoms with Crippen molar-refractivity contribution in [3.8, 4) is 0 Å². The molecular formula is C7H14N2S. The quantitative estimate of drug-likeness (QED) is 0.588. The molecule has 2 fully saturated rings. The van der Waals surface area contributed by atoms with E-state index >= 15 is 0 Å². The van der Waals surface area contributed by atoms with Crippen molar-refractivity contribution in [2.24, 2.45) is 5.73 Å². The van der Waals surface area contributed by atoms with E-state index in [-0.39, 0.29) is 0 Å². The van der Waals surface area contributed by atoms with Gasteiger partial charge in [-0.3, -0.25) is 4.90 Å². The average molecular weight is 158 g/mol. The van der Waals surface area contributed by atoms with Crippen LogP contribution < -0.4 is 5.73 Å². The number of nitrogens with zero attached hydrogens (tertiary/aromatic N) is 1. The van der Waals surface area contributed by atoms with Gasteiger partial charge in [0, 0.05) is 30.9 Å². The Kier molecular flexibility index (Phi) is 1.89. The highest BCUT2D eigenvalue weighted by atomic mass is 32.2. The Bertz CT molecular complexity index is 117. The van der Waals surface area contributed by atoms with E-state index in [4.69, 9.17) is 5.73 Å². The Morgan fingerprint density at radius 1 is 1.40 bits per heavy atom. The van der Waals surface area contributed by atoms with Crippen LogP contribution in [0.15, 0.2) is 0 Å².